The van der Waals surface area contributed by atoms with Crippen molar-refractivity contribution in [1.29, 1.82) is 0 Å². The van der Waals surface area contributed by atoms with E-state index in [1.165, 1.54) is 12.1 Å². The Morgan fingerprint density at radius 2 is 2.04 bits per heavy atom. The summed E-state index contributed by atoms with van der Waals surface area (Å²) >= 11 is 0. The van der Waals surface area contributed by atoms with Crippen LogP contribution in [0.2, 0.25) is 0 Å². The first-order valence-corrected chi connectivity index (χ1v) is 10.8. The summed E-state index contributed by atoms with van der Waals surface area (Å²) in [5.74, 6) is -0.648. The minimum Gasteiger partial charge on any atom is -0.491 e. The van der Waals surface area contributed by atoms with Gasteiger partial charge in [-0.1, -0.05) is 30.3 Å². The highest BCUT2D eigenvalue weighted by Crippen LogP contribution is 2.22. The van der Waals surface area contributed by atoms with Gasteiger partial charge in [0.15, 0.2) is 11.6 Å². The Labute approximate surface area is 165 Å². The molecule has 2 aromatic rings. The van der Waals surface area contributed by atoms with Gasteiger partial charge < -0.3 is 9.47 Å². The third-order valence-corrected chi connectivity index (χ3v) is 6.01. The topological polar surface area (TPSA) is 67.9 Å². The van der Waals surface area contributed by atoms with Crippen molar-refractivity contribution in [2.45, 2.75) is 17.9 Å². The average Bonchev–Trinajstić information content (AvgIpc) is 2.70. The molecule has 6 nitrogen and oxygen atoms in total. The van der Waals surface area contributed by atoms with Crippen LogP contribution in [0.15, 0.2) is 53.4 Å². The van der Waals surface area contributed by atoms with E-state index in [2.05, 4.69) is 9.62 Å². The van der Waals surface area contributed by atoms with Gasteiger partial charge in [-0.15, -0.1) is 0 Å². The Hall–Kier alpha value is -2.00. The summed E-state index contributed by atoms with van der Waals surface area (Å²) < 4.78 is 52.2. The molecule has 0 saturated carbocycles. The van der Waals surface area contributed by atoms with Crippen LogP contribution in [0.4, 0.5) is 4.39 Å². The molecular formula is C20H25FN2O4S. The fourth-order valence-electron chi connectivity index (χ4n) is 3.12. The number of morpholine rings is 1. The summed E-state index contributed by atoms with van der Waals surface area (Å²) in [4.78, 5) is 2.04. The zero-order valence-electron chi connectivity index (χ0n) is 15.8. The molecule has 1 atom stereocenters. The molecule has 152 valence electrons. The molecule has 1 N–H and O–H groups in total. The Bertz CT molecular complexity index is 877. The van der Waals surface area contributed by atoms with E-state index in [4.69, 9.17) is 9.47 Å². The van der Waals surface area contributed by atoms with Gasteiger partial charge in [0, 0.05) is 26.2 Å². The smallest absolute Gasteiger partial charge is 0.240 e. The fourth-order valence-corrected chi connectivity index (χ4v) is 4.15. The lowest BCUT2D eigenvalue weighted by Crippen LogP contribution is -2.42. The lowest BCUT2D eigenvalue weighted by molar-refractivity contribution is -0.0291. The van der Waals surface area contributed by atoms with Crippen LogP contribution < -0.4 is 9.46 Å². The van der Waals surface area contributed by atoms with Gasteiger partial charge >= 0.3 is 0 Å². The third-order valence-electron chi connectivity index (χ3n) is 4.56. The molecule has 0 aliphatic carbocycles. The van der Waals surface area contributed by atoms with E-state index >= 15 is 0 Å². The molecule has 3 rings (SSSR count). The first kappa shape index (κ1) is 20.7. The summed E-state index contributed by atoms with van der Waals surface area (Å²) in [6.45, 7) is 4.86. The van der Waals surface area contributed by atoms with Crippen LogP contribution in [0.1, 0.15) is 18.6 Å². The van der Waals surface area contributed by atoms with Crippen LogP contribution in [0.25, 0.3) is 0 Å². The second-order valence-electron chi connectivity index (χ2n) is 6.49. The highest BCUT2D eigenvalue weighted by molar-refractivity contribution is 7.89. The number of benzene rings is 2. The zero-order chi connectivity index (χ0) is 20.0. The predicted octanol–water partition coefficient (Wildman–Crippen LogP) is 2.58. The molecule has 1 aliphatic rings. The van der Waals surface area contributed by atoms with Gasteiger partial charge in [0.1, 0.15) is 0 Å². The SMILES string of the molecule is CCOc1ccc(S(=O)(=O)NCCN2CCOC(c3ccccc3)C2)cc1F. The number of nitrogens with zero attached hydrogens (tertiary/aromatic N) is 1. The predicted molar refractivity (Wildman–Crippen MR) is 104 cm³/mol. The fraction of sp³-hybridized carbons (Fsp3) is 0.400. The minimum absolute atomic E-state index is 0.0215. The molecule has 1 aliphatic heterocycles. The normalized spacial score (nSPS) is 18.1. The van der Waals surface area contributed by atoms with Gasteiger partial charge in [0.25, 0.3) is 0 Å². The summed E-state index contributed by atoms with van der Waals surface area (Å²) in [7, 11) is -3.78. The van der Waals surface area contributed by atoms with Crippen LogP contribution in [0.5, 0.6) is 5.75 Å². The Morgan fingerprint density at radius 3 is 2.75 bits per heavy atom. The van der Waals surface area contributed by atoms with E-state index in [9.17, 15) is 12.8 Å². The number of rotatable bonds is 8. The second-order valence-corrected chi connectivity index (χ2v) is 8.26. The molecule has 1 fully saturated rings. The number of hydrogen-bond donors (Lipinski definition) is 1. The number of hydrogen-bond acceptors (Lipinski definition) is 5. The first-order valence-electron chi connectivity index (χ1n) is 9.30. The summed E-state index contributed by atoms with van der Waals surface area (Å²) in [6, 6.07) is 13.6. The van der Waals surface area contributed by atoms with Crippen LogP contribution in [-0.2, 0) is 14.8 Å². The monoisotopic (exact) mass is 408 g/mol. The molecule has 0 bridgehead atoms. The molecule has 0 amide bonds. The van der Waals surface area contributed by atoms with Gasteiger partial charge in [0.2, 0.25) is 10.0 Å². The van der Waals surface area contributed by atoms with E-state index in [0.717, 1.165) is 18.2 Å². The molecule has 0 radical (unpaired) electrons. The quantitative estimate of drug-likeness (QED) is 0.727. The van der Waals surface area contributed by atoms with Gasteiger partial charge in [-0.05, 0) is 30.7 Å². The molecule has 2 aromatic carbocycles. The van der Waals surface area contributed by atoms with E-state index in [-0.39, 0.29) is 23.3 Å². The van der Waals surface area contributed by atoms with Crippen molar-refractivity contribution in [2.75, 3.05) is 39.4 Å². The first-order chi connectivity index (χ1) is 13.5. The second kappa shape index (κ2) is 9.47. The maximum Gasteiger partial charge on any atom is 0.240 e. The summed E-state index contributed by atoms with van der Waals surface area (Å²) in [5.41, 5.74) is 1.11. The lowest BCUT2D eigenvalue weighted by atomic mass is 10.1. The van der Waals surface area contributed by atoms with E-state index < -0.39 is 15.8 Å². The van der Waals surface area contributed by atoms with Crippen LogP contribution in [0.3, 0.4) is 0 Å². The van der Waals surface area contributed by atoms with Crippen molar-refractivity contribution in [3.8, 4) is 5.75 Å². The molecule has 28 heavy (non-hydrogen) atoms. The number of ether oxygens (including phenoxy) is 2. The number of sulfonamides is 1. The van der Waals surface area contributed by atoms with Crippen molar-refractivity contribution < 1.29 is 22.3 Å². The zero-order valence-corrected chi connectivity index (χ0v) is 16.6. The Morgan fingerprint density at radius 1 is 1.25 bits per heavy atom. The Kier molecular flexibility index (Phi) is 7.01. The van der Waals surface area contributed by atoms with E-state index in [1.807, 2.05) is 30.3 Å². The van der Waals surface area contributed by atoms with Crippen LogP contribution in [0, 0.1) is 5.82 Å². The van der Waals surface area contributed by atoms with Crippen LogP contribution in [-0.4, -0.2) is 52.7 Å². The molecular weight excluding hydrogens is 383 g/mol. The maximum absolute atomic E-state index is 13.9. The van der Waals surface area contributed by atoms with Gasteiger partial charge in [-0.25, -0.2) is 17.5 Å². The highest BCUT2D eigenvalue weighted by Gasteiger charge is 2.22. The molecule has 1 saturated heterocycles. The van der Waals surface area contributed by atoms with Crippen LogP contribution >= 0.6 is 0 Å². The standard InChI is InChI=1S/C20H25FN2O4S/c1-2-26-19-9-8-17(14-18(19)21)28(24,25)22-10-11-23-12-13-27-20(15-23)16-6-4-3-5-7-16/h3-9,14,20,22H,2,10-13,15H2,1H3. The highest BCUT2D eigenvalue weighted by atomic mass is 32.2. The largest absolute Gasteiger partial charge is 0.491 e. The number of halogens is 1. The molecule has 8 heteroatoms. The third kappa shape index (κ3) is 5.29. The van der Waals surface area contributed by atoms with Gasteiger partial charge in [-0.2, -0.15) is 0 Å². The van der Waals surface area contributed by atoms with Crippen molar-refractivity contribution in [3.63, 3.8) is 0 Å². The minimum atomic E-state index is -3.78. The lowest BCUT2D eigenvalue weighted by Gasteiger charge is -2.33. The van der Waals surface area contributed by atoms with E-state index in [1.54, 1.807) is 6.92 Å². The van der Waals surface area contributed by atoms with Crippen molar-refractivity contribution in [2.24, 2.45) is 0 Å². The Balaban J connectivity index is 1.54. The average molecular weight is 408 g/mol. The van der Waals surface area contributed by atoms with Gasteiger partial charge in [-0.3, -0.25) is 4.90 Å². The van der Waals surface area contributed by atoms with Crippen molar-refractivity contribution in [3.05, 3.63) is 59.9 Å². The summed E-state index contributed by atoms with van der Waals surface area (Å²) in [5, 5.41) is 0. The molecule has 0 aromatic heterocycles. The molecule has 0 spiro atoms. The van der Waals surface area contributed by atoms with Gasteiger partial charge in [0.05, 0.1) is 24.2 Å². The van der Waals surface area contributed by atoms with E-state index in [0.29, 0.717) is 26.3 Å². The van der Waals surface area contributed by atoms with Crippen molar-refractivity contribution in [1.82, 2.24) is 9.62 Å². The van der Waals surface area contributed by atoms with Crippen molar-refractivity contribution >= 4 is 10.0 Å². The number of nitrogens with one attached hydrogen (secondary N) is 1. The molecule has 1 heterocycles. The summed E-state index contributed by atoms with van der Waals surface area (Å²) in [6.07, 6.45) is -0.0215. The molecule has 1 unspecified atom stereocenters. The maximum atomic E-state index is 13.9.